The summed E-state index contributed by atoms with van der Waals surface area (Å²) in [7, 11) is 0. The summed E-state index contributed by atoms with van der Waals surface area (Å²) in [4.78, 5) is 11.9. The first-order valence-electron chi connectivity index (χ1n) is 5.17. The van der Waals surface area contributed by atoms with Gasteiger partial charge in [0.1, 0.15) is 0 Å². The zero-order chi connectivity index (χ0) is 11.2. The Hall–Kier alpha value is -0.436. The average Bonchev–Trinajstić information content (AvgIpc) is 2.38. The minimum atomic E-state index is -0.285. The van der Waals surface area contributed by atoms with Crippen LogP contribution in [0.5, 0.6) is 0 Å². The molecule has 2 aromatic rings. The van der Waals surface area contributed by atoms with Crippen molar-refractivity contribution in [1.82, 2.24) is 0 Å². The monoisotopic (exact) mass is 352 g/mol. The fourth-order valence-corrected chi connectivity index (χ4v) is 2.77. The molecule has 0 aliphatic heterocycles. The van der Waals surface area contributed by atoms with Crippen molar-refractivity contribution in [3.8, 4) is 0 Å². The zero-order valence-electron chi connectivity index (χ0n) is 9.97. The van der Waals surface area contributed by atoms with E-state index in [0.29, 0.717) is 4.49 Å². The van der Waals surface area contributed by atoms with Crippen LogP contribution < -0.4 is 37.2 Å². The van der Waals surface area contributed by atoms with Crippen molar-refractivity contribution in [2.24, 2.45) is 0 Å². The van der Waals surface area contributed by atoms with E-state index >= 15 is 0 Å². The Morgan fingerprint density at radius 2 is 1.26 bits per heavy atom. The van der Waals surface area contributed by atoms with Crippen molar-refractivity contribution < 1.29 is 58.3 Å². The molecule has 0 aromatic heterocycles. The van der Waals surface area contributed by atoms with Gasteiger partial charge in [-0.1, -0.05) is 0 Å². The van der Waals surface area contributed by atoms with Gasteiger partial charge in [0.25, 0.3) is 0 Å². The van der Waals surface area contributed by atoms with Crippen LogP contribution in [0.15, 0.2) is 60.7 Å². The van der Waals surface area contributed by atoms with Gasteiger partial charge in [-0.2, -0.15) is 0 Å². The Morgan fingerprint density at radius 3 is 1.79 bits per heavy atom. The molecule has 0 amide bonds. The number of hydrogen-bond acceptors (Lipinski definition) is 1. The molecule has 0 heterocycles. The predicted octanol–water partition coefficient (Wildman–Crippen LogP) is -5.88. The molecule has 0 fully saturated rings. The summed E-state index contributed by atoms with van der Waals surface area (Å²) < 4.78 is 0.306. The molecule has 19 heavy (non-hydrogen) atoms. The molecule has 0 radical (unpaired) electrons. The fourth-order valence-electron chi connectivity index (χ4n) is 1.42. The summed E-state index contributed by atoms with van der Waals surface area (Å²) in [5.74, 6) is 0. The molecule has 0 spiro atoms. The minimum Gasteiger partial charge on any atom is -1.00 e. The third kappa shape index (κ3) is 7.05. The van der Waals surface area contributed by atoms with Gasteiger partial charge in [-0.25, -0.2) is 0 Å². The van der Waals surface area contributed by atoms with Gasteiger partial charge in [0, 0.05) is 0 Å². The van der Waals surface area contributed by atoms with Crippen LogP contribution in [0.25, 0.3) is 0 Å². The van der Waals surface area contributed by atoms with Crippen LogP contribution >= 0.6 is 0 Å². The molecule has 0 aliphatic carbocycles. The molecule has 0 aliphatic rings. The molecular weight excluding hydrogens is 341 g/mol. The van der Waals surface area contributed by atoms with Crippen molar-refractivity contribution in [1.29, 1.82) is 0 Å². The number of carbonyl (C=O) groups is 1. The number of benzene rings is 2. The van der Waals surface area contributed by atoms with Gasteiger partial charge in [0.2, 0.25) is 0 Å². The van der Waals surface area contributed by atoms with Crippen molar-refractivity contribution in [2.75, 3.05) is 0 Å². The summed E-state index contributed by atoms with van der Waals surface area (Å²) in [5, 5.41) is 0.908. The second kappa shape index (κ2) is 11.4. The minimum absolute atomic E-state index is 0. The van der Waals surface area contributed by atoms with E-state index in [1.54, 1.807) is 0 Å². The molecule has 1 nitrogen and oxygen atoms in total. The Balaban J connectivity index is 0. The smallest absolute Gasteiger partial charge is 1.00 e. The normalized spacial score (nSPS) is 8.00. The third-order valence-electron chi connectivity index (χ3n) is 2.27. The quantitative estimate of drug-likeness (QED) is 0.535. The van der Waals surface area contributed by atoms with Gasteiger partial charge in [-0.05, 0) is 0 Å². The number of rotatable bonds is 4. The first-order chi connectivity index (χ1) is 7.86. The molecular formula is C14H12Cl3OV. The Labute approximate surface area is 139 Å². The zero-order valence-corrected chi connectivity index (χ0v) is 13.6. The van der Waals surface area contributed by atoms with Crippen LogP contribution in [0, 0.1) is 0 Å². The second-order valence-electron chi connectivity index (χ2n) is 3.47. The largest absolute Gasteiger partial charge is 1.00 e. The van der Waals surface area contributed by atoms with Gasteiger partial charge in [-0.3, -0.25) is 0 Å². The first kappa shape index (κ1) is 20.9. The van der Waals surface area contributed by atoms with Crippen molar-refractivity contribution in [3.05, 3.63) is 71.8 Å². The van der Waals surface area contributed by atoms with Gasteiger partial charge in [0.05, 0.1) is 0 Å². The topological polar surface area (TPSA) is 17.1 Å². The Kier molecular flexibility index (Phi) is 12.5. The molecule has 0 saturated heterocycles. The molecule has 0 atom stereocenters. The van der Waals surface area contributed by atoms with Gasteiger partial charge >= 0.3 is 103 Å². The van der Waals surface area contributed by atoms with Crippen LogP contribution in [-0.4, -0.2) is 4.49 Å². The fraction of sp³-hybridized carbons (Fsp3) is 0.0714. The average molecular weight is 354 g/mol. The predicted molar refractivity (Wildman–Crippen MR) is 60.9 cm³/mol. The van der Waals surface area contributed by atoms with Crippen molar-refractivity contribution in [3.63, 3.8) is 0 Å². The summed E-state index contributed by atoms with van der Waals surface area (Å²) in [6.07, 6.45) is 0. The number of halogens is 3. The Bertz CT molecular complexity index is 463. The molecule has 100 valence electrons. The summed E-state index contributed by atoms with van der Waals surface area (Å²) in [6, 6.07) is 19.7. The molecule has 5 heteroatoms. The van der Waals surface area contributed by atoms with Gasteiger partial charge in [-0.15, -0.1) is 0 Å². The maximum Gasteiger partial charge on any atom is -1.00 e. The molecule has 2 rings (SSSR count). The standard InChI is InChI=1S/C7H5O.C7H7.3ClH.V/c8-6-7-4-2-1-3-5-7;1-7-5-3-2-4-6-7;;;;/h1-5H;2-6H,1H2;3*1H;/q;;;;;+3/p-3. The molecule has 0 bridgehead atoms. The van der Waals surface area contributed by atoms with E-state index in [0.717, 1.165) is 10.7 Å². The Morgan fingerprint density at radius 1 is 0.789 bits per heavy atom. The number of hydrogen-bond donors (Lipinski definition) is 0. The van der Waals surface area contributed by atoms with E-state index in [9.17, 15) is 4.79 Å². The number of carbonyl (C=O) groups excluding carboxylic acids is 1. The van der Waals surface area contributed by atoms with Crippen LogP contribution in [0.3, 0.4) is 0 Å². The SMILES string of the molecule is O=[C]([V+3][CH2]c1ccccc1)c1ccccc1.[Cl-].[Cl-].[Cl-]. The summed E-state index contributed by atoms with van der Waals surface area (Å²) >= 11 is -0.285. The van der Waals surface area contributed by atoms with E-state index in [-0.39, 0.29) is 53.5 Å². The van der Waals surface area contributed by atoms with E-state index in [2.05, 4.69) is 12.1 Å². The first-order valence-corrected chi connectivity index (χ1v) is 6.85. The molecule has 0 unspecified atom stereocenters. The maximum atomic E-state index is 11.9. The molecule has 0 saturated carbocycles. The third-order valence-corrected chi connectivity index (χ3v) is 3.94. The summed E-state index contributed by atoms with van der Waals surface area (Å²) in [5.41, 5.74) is 2.10. The van der Waals surface area contributed by atoms with Crippen LogP contribution in [0.4, 0.5) is 0 Å². The van der Waals surface area contributed by atoms with E-state index in [4.69, 9.17) is 0 Å². The van der Waals surface area contributed by atoms with Crippen LogP contribution in [0.2, 0.25) is 0 Å². The van der Waals surface area contributed by atoms with Crippen molar-refractivity contribution in [2.45, 2.75) is 5.13 Å². The van der Waals surface area contributed by atoms with Crippen LogP contribution in [0.1, 0.15) is 15.9 Å². The maximum absolute atomic E-state index is 11.9. The van der Waals surface area contributed by atoms with Gasteiger partial charge in [0.15, 0.2) is 0 Å². The van der Waals surface area contributed by atoms with Crippen molar-refractivity contribution >= 4 is 4.49 Å². The van der Waals surface area contributed by atoms with Crippen LogP contribution in [-0.2, 0) is 21.4 Å². The van der Waals surface area contributed by atoms with E-state index in [1.165, 1.54) is 5.56 Å². The molecule has 2 aromatic carbocycles. The van der Waals surface area contributed by atoms with Gasteiger partial charge < -0.3 is 37.2 Å². The summed E-state index contributed by atoms with van der Waals surface area (Å²) in [6.45, 7) is 0. The second-order valence-corrected chi connectivity index (χ2v) is 5.09. The van der Waals surface area contributed by atoms with E-state index < -0.39 is 0 Å². The molecule has 0 N–H and O–H groups in total. The van der Waals surface area contributed by atoms with E-state index in [1.807, 2.05) is 48.5 Å².